The normalized spacial score (nSPS) is 13.9. The van der Waals surface area contributed by atoms with Gasteiger partial charge in [0.25, 0.3) is 0 Å². The average Bonchev–Trinajstić information content (AvgIpc) is 2.70. The minimum Gasteiger partial charge on any atom is -0.323 e. The van der Waals surface area contributed by atoms with Crippen LogP contribution in [0.2, 0.25) is 5.02 Å². The predicted octanol–water partition coefficient (Wildman–Crippen LogP) is 4.05. The number of nitrogens with one attached hydrogen (secondary N) is 2. The van der Waals surface area contributed by atoms with Crippen molar-refractivity contribution in [2.75, 3.05) is 18.4 Å². The van der Waals surface area contributed by atoms with Crippen molar-refractivity contribution in [2.45, 2.75) is 44.7 Å². The first-order valence-corrected chi connectivity index (χ1v) is 11.4. The van der Waals surface area contributed by atoms with Gasteiger partial charge in [0.15, 0.2) is 0 Å². The number of hydrogen-bond donors (Lipinski definition) is 2. The van der Waals surface area contributed by atoms with Crippen molar-refractivity contribution in [3.8, 4) is 0 Å². The van der Waals surface area contributed by atoms with Gasteiger partial charge in [0.1, 0.15) is 0 Å². The number of nitrogens with zero attached hydrogens (tertiary/aromatic N) is 1. The van der Waals surface area contributed by atoms with Gasteiger partial charge in [-0.15, -0.1) is 0 Å². The van der Waals surface area contributed by atoms with Crippen LogP contribution < -0.4 is 10.6 Å². The topological polar surface area (TPSA) is 78.5 Å². The molecule has 2 aromatic rings. The summed E-state index contributed by atoms with van der Waals surface area (Å²) >= 11 is 6.08. The van der Waals surface area contributed by atoms with E-state index in [9.17, 15) is 13.2 Å². The molecule has 0 aliphatic heterocycles. The quantitative estimate of drug-likeness (QED) is 0.620. The standard InChI is InChI=1S/C21H28ClN3O3S/c1-5-25(6-2)29(27,28)18-13-11-17(12-14-18)15(3)23-16(4)21(26)24-20-10-8-7-9-19(20)22/h7-16,23H,5-6H2,1-4H3,(H,24,26). The molecule has 2 atom stereocenters. The van der Waals surface area contributed by atoms with Gasteiger partial charge in [0.05, 0.1) is 21.6 Å². The summed E-state index contributed by atoms with van der Waals surface area (Å²) < 4.78 is 26.6. The monoisotopic (exact) mass is 437 g/mol. The molecule has 0 aromatic heterocycles. The summed E-state index contributed by atoms with van der Waals surface area (Å²) in [5.41, 5.74) is 1.45. The van der Waals surface area contributed by atoms with Gasteiger partial charge in [0, 0.05) is 19.1 Å². The van der Waals surface area contributed by atoms with E-state index in [2.05, 4.69) is 10.6 Å². The summed E-state index contributed by atoms with van der Waals surface area (Å²) in [7, 11) is -3.48. The number of rotatable bonds is 9. The zero-order valence-corrected chi connectivity index (χ0v) is 18.7. The van der Waals surface area contributed by atoms with E-state index in [1.807, 2.05) is 20.8 Å². The molecule has 8 heteroatoms. The van der Waals surface area contributed by atoms with Gasteiger partial charge < -0.3 is 5.32 Å². The SMILES string of the molecule is CCN(CC)S(=O)(=O)c1ccc(C(C)NC(C)C(=O)Nc2ccccc2Cl)cc1. The third-order valence-electron chi connectivity index (χ3n) is 4.75. The fourth-order valence-corrected chi connectivity index (χ4v) is 4.63. The molecule has 0 saturated carbocycles. The van der Waals surface area contributed by atoms with Gasteiger partial charge >= 0.3 is 0 Å². The van der Waals surface area contributed by atoms with E-state index in [4.69, 9.17) is 11.6 Å². The van der Waals surface area contributed by atoms with Crippen molar-refractivity contribution in [1.29, 1.82) is 0 Å². The van der Waals surface area contributed by atoms with Crippen LogP contribution in [0.25, 0.3) is 0 Å². The average molecular weight is 438 g/mol. The van der Waals surface area contributed by atoms with Gasteiger partial charge in [-0.2, -0.15) is 4.31 Å². The van der Waals surface area contributed by atoms with Crippen LogP contribution in [-0.2, 0) is 14.8 Å². The Morgan fingerprint density at radius 2 is 1.62 bits per heavy atom. The highest BCUT2D eigenvalue weighted by Gasteiger charge is 2.22. The third kappa shape index (κ3) is 5.79. The fraction of sp³-hybridized carbons (Fsp3) is 0.381. The molecule has 0 fully saturated rings. The number of sulfonamides is 1. The molecule has 0 heterocycles. The van der Waals surface area contributed by atoms with Crippen molar-refractivity contribution in [3.05, 3.63) is 59.1 Å². The zero-order valence-electron chi connectivity index (χ0n) is 17.1. The van der Waals surface area contributed by atoms with Crippen LogP contribution in [0.1, 0.15) is 39.3 Å². The number of amides is 1. The highest BCUT2D eigenvalue weighted by atomic mass is 35.5. The Kier molecular flexibility index (Phi) is 8.22. The van der Waals surface area contributed by atoms with Crippen molar-refractivity contribution < 1.29 is 13.2 Å². The molecule has 2 N–H and O–H groups in total. The van der Waals surface area contributed by atoms with Crippen LogP contribution in [0.5, 0.6) is 0 Å². The largest absolute Gasteiger partial charge is 0.323 e. The van der Waals surface area contributed by atoms with Gasteiger partial charge in [-0.25, -0.2) is 8.42 Å². The van der Waals surface area contributed by atoms with E-state index in [1.54, 1.807) is 55.5 Å². The molecule has 0 bridgehead atoms. The minimum atomic E-state index is -3.48. The third-order valence-corrected chi connectivity index (χ3v) is 7.14. The molecule has 0 spiro atoms. The molecular weight excluding hydrogens is 410 g/mol. The number of halogens is 1. The van der Waals surface area contributed by atoms with E-state index in [0.29, 0.717) is 23.8 Å². The molecule has 2 rings (SSSR count). The van der Waals surface area contributed by atoms with E-state index in [0.717, 1.165) is 5.56 Å². The van der Waals surface area contributed by atoms with Crippen LogP contribution in [0.4, 0.5) is 5.69 Å². The zero-order chi connectivity index (χ0) is 21.6. The maximum absolute atomic E-state index is 12.6. The Balaban J connectivity index is 2.04. The molecule has 0 radical (unpaired) electrons. The lowest BCUT2D eigenvalue weighted by atomic mass is 10.1. The molecule has 2 aromatic carbocycles. The van der Waals surface area contributed by atoms with Gasteiger partial charge in [0.2, 0.25) is 15.9 Å². The predicted molar refractivity (Wildman–Crippen MR) is 118 cm³/mol. The summed E-state index contributed by atoms with van der Waals surface area (Å²) in [6, 6.07) is 13.2. The van der Waals surface area contributed by atoms with Crippen LogP contribution >= 0.6 is 11.6 Å². The second kappa shape index (κ2) is 10.2. The van der Waals surface area contributed by atoms with E-state index >= 15 is 0 Å². The van der Waals surface area contributed by atoms with E-state index in [1.165, 1.54) is 4.31 Å². The number of anilines is 1. The summed E-state index contributed by atoms with van der Waals surface area (Å²) in [6.07, 6.45) is 0. The minimum absolute atomic E-state index is 0.146. The maximum atomic E-state index is 12.6. The van der Waals surface area contributed by atoms with Crippen molar-refractivity contribution in [2.24, 2.45) is 0 Å². The highest BCUT2D eigenvalue weighted by Crippen LogP contribution is 2.22. The summed E-state index contributed by atoms with van der Waals surface area (Å²) in [5.74, 6) is -0.203. The Hall–Kier alpha value is -1.93. The van der Waals surface area contributed by atoms with Gasteiger partial charge in [-0.05, 0) is 43.7 Å². The first-order valence-electron chi connectivity index (χ1n) is 9.62. The second-order valence-corrected chi connectivity index (χ2v) is 9.08. The van der Waals surface area contributed by atoms with Crippen LogP contribution in [0, 0.1) is 0 Å². The van der Waals surface area contributed by atoms with Gasteiger partial charge in [-0.3, -0.25) is 10.1 Å². The lowest BCUT2D eigenvalue weighted by molar-refractivity contribution is -0.117. The first kappa shape index (κ1) is 23.3. The second-order valence-electron chi connectivity index (χ2n) is 6.74. The smallest absolute Gasteiger partial charge is 0.243 e. The Bertz CT molecular complexity index is 928. The Morgan fingerprint density at radius 3 is 2.17 bits per heavy atom. The maximum Gasteiger partial charge on any atom is 0.243 e. The summed E-state index contributed by atoms with van der Waals surface area (Å²) in [4.78, 5) is 12.7. The summed E-state index contributed by atoms with van der Waals surface area (Å²) in [6.45, 7) is 8.18. The first-order chi connectivity index (χ1) is 13.7. The molecule has 6 nitrogen and oxygen atoms in total. The lowest BCUT2D eigenvalue weighted by Crippen LogP contribution is -2.39. The van der Waals surface area contributed by atoms with E-state index < -0.39 is 16.1 Å². The number of hydrogen-bond acceptors (Lipinski definition) is 4. The van der Waals surface area contributed by atoms with Crippen molar-refractivity contribution in [3.63, 3.8) is 0 Å². The van der Waals surface area contributed by atoms with Crippen molar-refractivity contribution >= 4 is 33.2 Å². The number of benzene rings is 2. The Labute approximate surface area is 178 Å². The lowest BCUT2D eigenvalue weighted by Gasteiger charge is -2.21. The van der Waals surface area contributed by atoms with Gasteiger partial charge in [-0.1, -0.05) is 49.7 Å². The number of carbonyl (C=O) groups excluding carboxylic acids is 1. The molecule has 158 valence electrons. The Morgan fingerprint density at radius 1 is 1.03 bits per heavy atom. The molecule has 0 saturated heterocycles. The number of para-hydroxylation sites is 1. The molecule has 1 amide bonds. The van der Waals surface area contributed by atoms with Crippen LogP contribution in [0.3, 0.4) is 0 Å². The van der Waals surface area contributed by atoms with E-state index in [-0.39, 0.29) is 16.8 Å². The fourth-order valence-electron chi connectivity index (χ4n) is 2.99. The molecule has 2 unspecified atom stereocenters. The van der Waals surface area contributed by atoms with Crippen LogP contribution in [0.15, 0.2) is 53.4 Å². The van der Waals surface area contributed by atoms with Crippen LogP contribution in [-0.4, -0.2) is 37.8 Å². The molecule has 0 aliphatic rings. The molecule has 29 heavy (non-hydrogen) atoms. The molecule has 0 aliphatic carbocycles. The highest BCUT2D eigenvalue weighted by molar-refractivity contribution is 7.89. The van der Waals surface area contributed by atoms with Crippen molar-refractivity contribution in [1.82, 2.24) is 9.62 Å². The number of carbonyl (C=O) groups is 1. The summed E-state index contributed by atoms with van der Waals surface area (Å²) in [5, 5.41) is 6.50. The molecular formula is C21H28ClN3O3S.